The molecule has 104 valence electrons. The Morgan fingerprint density at radius 3 is 0.562 bits per heavy atom. The van der Waals surface area contributed by atoms with Crippen LogP contribution in [0, 0.1) is 0 Å². The lowest BCUT2D eigenvalue weighted by atomic mass is 11.9. The standard InChI is InChI=1S/3C2H7O2P.CH4/c3*1-5(2,3)4;/h3*1-2H3,(H,3,4);1H4/p-3. The van der Waals surface area contributed by atoms with Crippen LogP contribution in [-0.2, 0) is 13.7 Å². The van der Waals surface area contributed by atoms with Crippen molar-refractivity contribution >= 4 is 22.1 Å². The summed E-state index contributed by atoms with van der Waals surface area (Å²) in [6, 6.07) is 0. The van der Waals surface area contributed by atoms with E-state index in [0.29, 0.717) is 0 Å². The van der Waals surface area contributed by atoms with Gasteiger partial charge in [0.15, 0.2) is 0 Å². The molecule has 0 atom stereocenters. The first-order chi connectivity index (χ1) is 6.00. The molecule has 0 radical (unpaired) electrons. The molecule has 0 aliphatic heterocycles. The Labute approximate surface area is 98.5 Å². The maximum atomic E-state index is 9.66. The lowest BCUT2D eigenvalue weighted by molar-refractivity contribution is -0.172. The molecule has 9 heteroatoms. The van der Waals surface area contributed by atoms with Gasteiger partial charge >= 0.3 is 0 Å². The van der Waals surface area contributed by atoms with Crippen molar-refractivity contribution in [1.29, 1.82) is 0 Å². The van der Waals surface area contributed by atoms with E-state index >= 15 is 0 Å². The normalized spacial score (nSPS) is 11.1. The predicted molar refractivity (Wildman–Crippen MR) is 65.1 cm³/mol. The van der Waals surface area contributed by atoms with Crippen molar-refractivity contribution in [2.24, 2.45) is 0 Å². The van der Waals surface area contributed by atoms with Gasteiger partial charge in [-0.3, -0.25) is 0 Å². The maximum absolute atomic E-state index is 9.66. The van der Waals surface area contributed by atoms with Crippen LogP contribution >= 0.6 is 22.1 Å². The van der Waals surface area contributed by atoms with Crippen molar-refractivity contribution in [3.05, 3.63) is 0 Å². The minimum Gasteiger partial charge on any atom is -0.800 e. The summed E-state index contributed by atoms with van der Waals surface area (Å²) < 4.78 is 29.0. The van der Waals surface area contributed by atoms with E-state index in [1.54, 1.807) is 0 Å². The summed E-state index contributed by atoms with van der Waals surface area (Å²) in [7, 11) is -8.67. The number of rotatable bonds is 0. The average molecular weight is 295 g/mol. The second-order valence-corrected chi connectivity index (χ2v) is 11.3. The highest BCUT2D eigenvalue weighted by Crippen LogP contribution is 2.21. The Morgan fingerprint density at radius 1 is 0.562 bits per heavy atom. The molecule has 0 bridgehead atoms. The fraction of sp³-hybridized carbons (Fsp3) is 1.00. The van der Waals surface area contributed by atoms with E-state index in [1.165, 1.54) is 40.0 Å². The molecule has 0 aromatic carbocycles. The van der Waals surface area contributed by atoms with E-state index in [4.69, 9.17) is 0 Å². The Kier molecular flexibility index (Phi) is 15.2. The quantitative estimate of drug-likeness (QED) is 0.592. The molecule has 0 aromatic rings. The molecular weight excluding hydrogens is 273 g/mol. The second kappa shape index (κ2) is 9.58. The molecule has 0 aliphatic rings. The van der Waals surface area contributed by atoms with Gasteiger partial charge in [0.05, 0.1) is 0 Å². The molecule has 0 saturated carbocycles. The van der Waals surface area contributed by atoms with E-state index < -0.39 is 22.1 Å². The lowest BCUT2D eigenvalue weighted by Gasteiger charge is -2.06. The van der Waals surface area contributed by atoms with Crippen LogP contribution in [0.5, 0.6) is 0 Å². The third-order valence-corrected chi connectivity index (χ3v) is 0. The van der Waals surface area contributed by atoms with Crippen LogP contribution in [-0.4, -0.2) is 40.0 Å². The zero-order valence-corrected chi connectivity index (χ0v) is 12.5. The smallest absolute Gasteiger partial charge is 0.00874 e. The van der Waals surface area contributed by atoms with Gasteiger partial charge in [0.1, 0.15) is 0 Å². The Balaban J connectivity index is -0.0000000655. The minimum absolute atomic E-state index is 0. The molecule has 0 rings (SSSR count). The van der Waals surface area contributed by atoms with Crippen molar-refractivity contribution in [2.45, 2.75) is 7.43 Å². The summed E-state index contributed by atoms with van der Waals surface area (Å²) in [6.07, 6.45) is 0. The highest BCUT2D eigenvalue weighted by Gasteiger charge is 1.77. The molecule has 0 aliphatic carbocycles. The molecule has 0 unspecified atom stereocenters. The number of hydrogen-bond donors (Lipinski definition) is 0. The molecular formula is C7H22O6P3-3. The molecule has 0 N–H and O–H groups in total. The van der Waals surface area contributed by atoms with Gasteiger partial charge in [0.25, 0.3) is 0 Å². The molecule has 0 amide bonds. The van der Waals surface area contributed by atoms with Crippen LogP contribution in [0.2, 0.25) is 0 Å². The van der Waals surface area contributed by atoms with Crippen molar-refractivity contribution in [1.82, 2.24) is 0 Å². The SMILES string of the molecule is C.CP(C)(=O)[O-].CP(C)(=O)[O-].CP(C)(=O)[O-]. The Bertz CT molecular complexity index is 210. The monoisotopic (exact) mass is 295 g/mol. The summed E-state index contributed by atoms with van der Waals surface area (Å²) in [4.78, 5) is 29.0. The molecule has 0 aromatic heterocycles. The van der Waals surface area contributed by atoms with E-state index in [2.05, 4.69) is 0 Å². The summed E-state index contributed by atoms with van der Waals surface area (Å²) in [5, 5.41) is 0. The maximum Gasteiger partial charge on any atom is 0.00874 e. The van der Waals surface area contributed by atoms with E-state index in [-0.39, 0.29) is 7.43 Å². The first kappa shape index (κ1) is 25.4. The lowest BCUT2D eigenvalue weighted by Crippen LogP contribution is -1.93. The van der Waals surface area contributed by atoms with Crippen LogP contribution in [0.4, 0.5) is 0 Å². The number of hydrogen-bond acceptors (Lipinski definition) is 6. The van der Waals surface area contributed by atoms with Crippen molar-refractivity contribution in [3.8, 4) is 0 Å². The third kappa shape index (κ3) is 8260. The van der Waals surface area contributed by atoms with Crippen LogP contribution in [0.3, 0.4) is 0 Å². The molecule has 0 heterocycles. The van der Waals surface area contributed by atoms with E-state index in [1.807, 2.05) is 0 Å². The van der Waals surface area contributed by atoms with Gasteiger partial charge in [0, 0.05) is 22.1 Å². The summed E-state index contributed by atoms with van der Waals surface area (Å²) >= 11 is 0. The van der Waals surface area contributed by atoms with Crippen molar-refractivity contribution < 1.29 is 28.4 Å². The Morgan fingerprint density at radius 2 is 0.562 bits per heavy atom. The largest absolute Gasteiger partial charge is 0.800 e. The third-order valence-electron chi connectivity index (χ3n) is 0. The molecule has 0 saturated heterocycles. The molecule has 0 spiro atoms. The van der Waals surface area contributed by atoms with Crippen LogP contribution in [0.15, 0.2) is 0 Å². The van der Waals surface area contributed by atoms with Crippen molar-refractivity contribution in [2.75, 3.05) is 40.0 Å². The summed E-state index contributed by atoms with van der Waals surface area (Å²) in [6.45, 7) is 7.12. The van der Waals surface area contributed by atoms with Gasteiger partial charge < -0.3 is 28.4 Å². The first-order valence-corrected chi connectivity index (χ1v) is 11.3. The van der Waals surface area contributed by atoms with Gasteiger partial charge in [-0.05, 0) is 40.0 Å². The fourth-order valence-electron chi connectivity index (χ4n) is 0. The van der Waals surface area contributed by atoms with Gasteiger partial charge in [0.2, 0.25) is 0 Å². The Hall–Kier alpha value is 0.570. The van der Waals surface area contributed by atoms with Gasteiger partial charge in [-0.25, -0.2) is 0 Å². The predicted octanol–water partition coefficient (Wildman–Crippen LogP) is 0.289. The fourth-order valence-corrected chi connectivity index (χ4v) is 0. The van der Waals surface area contributed by atoms with E-state index in [9.17, 15) is 28.4 Å². The average Bonchev–Trinajstić information content (AvgIpc) is 1.41. The van der Waals surface area contributed by atoms with Gasteiger partial charge in [-0.2, -0.15) is 0 Å². The highest BCUT2D eigenvalue weighted by atomic mass is 31.2. The summed E-state index contributed by atoms with van der Waals surface area (Å²) in [5.74, 6) is 0. The van der Waals surface area contributed by atoms with Crippen LogP contribution < -0.4 is 14.7 Å². The topological polar surface area (TPSA) is 120 Å². The highest BCUT2D eigenvalue weighted by molar-refractivity contribution is 7.55. The van der Waals surface area contributed by atoms with Gasteiger partial charge in [-0.1, -0.05) is 7.43 Å². The van der Waals surface area contributed by atoms with Crippen LogP contribution in [0.1, 0.15) is 7.43 Å². The minimum atomic E-state index is -2.89. The van der Waals surface area contributed by atoms with Gasteiger partial charge in [-0.15, -0.1) is 0 Å². The van der Waals surface area contributed by atoms with Crippen molar-refractivity contribution in [3.63, 3.8) is 0 Å². The second-order valence-electron chi connectivity index (χ2n) is 3.76. The first-order valence-electron chi connectivity index (χ1n) is 3.78. The van der Waals surface area contributed by atoms with Crippen LogP contribution in [0.25, 0.3) is 0 Å². The summed E-state index contributed by atoms with van der Waals surface area (Å²) in [5.41, 5.74) is 0. The molecule has 0 fully saturated rings. The zero-order chi connectivity index (χ0) is 13.5. The van der Waals surface area contributed by atoms with E-state index in [0.717, 1.165) is 0 Å². The molecule has 16 heavy (non-hydrogen) atoms. The molecule has 6 nitrogen and oxygen atoms in total. The zero-order valence-electron chi connectivity index (χ0n) is 9.79.